The normalized spacial score (nSPS) is 12.9. The Balaban J connectivity index is 3.07. The molecule has 14 heavy (non-hydrogen) atoms. The lowest BCUT2D eigenvalue weighted by atomic mass is 10.0. The number of benzene rings is 1. The van der Waals surface area contributed by atoms with Gasteiger partial charge < -0.3 is 10.8 Å². The highest BCUT2D eigenvalue weighted by Gasteiger charge is 2.14. The van der Waals surface area contributed by atoms with Gasteiger partial charge in [0.25, 0.3) is 0 Å². The van der Waals surface area contributed by atoms with Gasteiger partial charge >= 0.3 is 0 Å². The number of halogens is 3. The molecule has 0 fully saturated rings. The van der Waals surface area contributed by atoms with Crippen molar-refractivity contribution in [3.05, 3.63) is 26.6 Å². The third-order valence-electron chi connectivity index (χ3n) is 1.88. The molecule has 2 nitrogen and oxygen atoms in total. The summed E-state index contributed by atoms with van der Waals surface area (Å²) in [4.78, 5) is 0. The van der Waals surface area contributed by atoms with E-state index in [1.165, 1.54) is 0 Å². The van der Waals surface area contributed by atoms with Crippen molar-refractivity contribution in [3.63, 3.8) is 0 Å². The SMILES string of the molecule is N[C@@H](CCF)c1cc(Br)cc(Br)c1O. The summed E-state index contributed by atoms with van der Waals surface area (Å²) in [5.74, 6) is 0.0779. The first-order chi connectivity index (χ1) is 6.56. The number of alkyl halides is 1. The van der Waals surface area contributed by atoms with Crippen LogP contribution in [0.15, 0.2) is 21.1 Å². The van der Waals surface area contributed by atoms with Crippen molar-refractivity contribution in [1.29, 1.82) is 0 Å². The molecule has 0 aromatic heterocycles. The third-order valence-corrected chi connectivity index (χ3v) is 2.94. The molecule has 0 heterocycles. The van der Waals surface area contributed by atoms with Crippen molar-refractivity contribution in [2.75, 3.05) is 6.67 Å². The van der Waals surface area contributed by atoms with Crippen molar-refractivity contribution < 1.29 is 9.50 Å². The molecule has 0 saturated heterocycles. The number of rotatable bonds is 3. The maximum absolute atomic E-state index is 12.1. The summed E-state index contributed by atoms with van der Waals surface area (Å²) in [6.07, 6.45) is 0.205. The van der Waals surface area contributed by atoms with E-state index in [2.05, 4.69) is 31.9 Å². The second-order valence-corrected chi connectivity index (χ2v) is 4.68. The summed E-state index contributed by atoms with van der Waals surface area (Å²) in [6.45, 7) is -0.495. The minimum absolute atomic E-state index is 0.0779. The molecule has 0 aliphatic heterocycles. The maximum Gasteiger partial charge on any atom is 0.134 e. The van der Waals surface area contributed by atoms with Crippen LogP contribution in [0, 0.1) is 0 Å². The molecule has 3 N–H and O–H groups in total. The Morgan fingerprint density at radius 3 is 2.64 bits per heavy atom. The molecular weight excluding hydrogens is 317 g/mol. The van der Waals surface area contributed by atoms with E-state index in [-0.39, 0.29) is 12.2 Å². The minimum Gasteiger partial charge on any atom is -0.506 e. The number of hydrogen-bond donors (Lipinski definition) is 2. The number of nitrogens with two attached hydrogens (primary N) is 1. The zero-order valence-corrected chi connectivity index (χ0v) is 10.5. The summed E-state index contributed by atoms with van der Waals surface area (Å²) in [5, 5.41) is 9.65. The van der Waals surface area contributed by atoms with E-state index in [0.717, 1.165) is 4.47 Å². The van der Waals surface area contributed by atoms with E-state index < -0.39 is 12.7 Å². The first-order valence-electron chi connectivity index (χ1n) is 4.05. The molecule has 0 aliphatic rings. The van der Waals surface area contributed by atoms with E-state index in [1.54, 1.807) is 12.1 Å². The molecule has 0 bridgehead atoms. The van der Waals surface area contributed by atoms with Crippen LogP contribution in [0.5, 0.6) is 5.75 Å². The molecule has 1 rings (SSSR count). The van der Waals surface area contributed by atoms with Crippen LogP contribution >= 0.6 is 31.9 Å². The molecule has 1 atom stereocenters. The van der Waals surface area contributed by atoms with Gasteiger partial charge in [-0.15, -0.1) is 0 Å². The summed E-state index contributed by atoms with van der Waals surface area (Å²) in [5.41, 5.74) is 6.25. The Labute approximate surface area is 98.6 Å². The molecule has 5 heteroatoms. The number of hydrogen-bond acceptors (Lipinski definition) is 2. The Morgan fingerprint density at radius 2 is 2.07 bits per heavy atom. The number of aromatic hydroxyl groups is 1. The van der Waals surface area contributed by atoms with Crippen LogP contribution in [0.4, 0.5) is 4.39 Å². The zero-order chi connectivity index (χ0) is 10.7. The Kier molecular flexibility index (Phi) is 4.34. The largest absolute Gasteiger partial charge is 0.506 e. The molecule has 1 aromatic rings. The number of phenols is 1. The van der Waals surface area contributed by atoms with Gasteiger partial charge in [0, 0.05) is 16.1 Å². The minimum atomic E-state index is -0.495. The molecule has 1 aromatic carbocycles. The summed E-state index contributed by atoms with van der Waals surface area (Å²) < 4.78 is 13.4. The fourth-order valence-corrected chi connectivity index (χ4v) is 2.40. The van der Waals surface area contributed by atoms with Gasteiger partial charge in [-0.05, 0) is 34.5 Å². The highest BCUT2D eigenvalue weighted by molar-refractivity contribution is 9.11. The summed E-state index contributed by atoms with van der Waals surface area (Å²) >= 11 is 6.46. The quantitative estimate of drug-likeness (QED) is 0.895. The predicted octanol–water partition coefficient (Wildman–Crippen LogP) is 3.28. The lowest BCUT2D eigenvalue weighted by Crippen LogP contribution is -2.11. The monoisotopic (exact) mass is 325 g/mol. The third kappa shape index (κ3) is 2.68. The van der Waals surface area contributed by atoms with Crippen molar-refractivity contribution >= 4 is 31.9 Å². The Hall–Kier alpha value is -0.130. The fraction of sp³-hybridized carbons (Fsp3) is 0.333. The standard InChI is InChI=1S/C9H10Br2FNO/c10-5-3-6(8(13)1-2-12)9(14)7(11)4-5/h3-4,8,14H,1-2,13H2/t8-/m0/s1. The lowest BCUT2D eigenvalue weighted by Gasteiger charge is -2.13. The van der Waals surface area contributed by atoms with E-state index >= 15 is 0 Å². The lowest BCUT2D eigenvalue weighted by molar-refractivity contribution is 0.423. The van der Waals surface area contributed by atoms with Crippen LogP contribution < -0.4 is 5.73 Å². The number of phenolic OH excluding ortho intramolecular Hbond substituents is 1. The first kappa shape index (κ1) is 11.9. The molecule has 78 valence electrons. The molecule has 0 amide bonds. The Bertz CT molecular complexity index is 333. The first-order valence-corrected chi connectivity index (χ1v) is 5.64. The van der Waals surface area contributed by atoms with Crippen LogP contribution in [0.25, 0.3) is 0 Å². The molecule has 0 spiro atoms. The second kappa shape index (κ2) is 5.09. The van der Waals surface area contributed by atoms with Crippen molar-refractivity contribution in [2.45, 2.75) is 12.5 Å². The van der Waals surface area contributed by atoms with Crippen LogP contribution in [-0.4, -0.2) is 11.8 Å². The molecule has 0 aliphatic carbocycles. The van der Waals surface area contributed by atoms with E-state index in [9.17, 15) is 9.50 Å². The van der Waals surface area contributed by atoms with Crippen LogP contribution in [-0.2, 0) is 0 Å². The van der Waals surface area contributed by atoms with Crippen LogP contribution in [0.3, 0.4) is 0 Å². The average molecular weight is 327 g/mol. The van der Waals surface area contributed by atoms with Gasteiger partial charge in [0.05, 0.1) is 11.1 Å². The van der Waals surface area contributed by atoms with E-state index in [4.69, 9.17) is 5.73 Å². The molecule has 0 radical (unpaired) electrons. The Morgan fingerprint density at radius 1 is 1.43 bits per heavy atom. The zero-order valence-electron chi connectivity index (χ0n) is 7.30. The highest BCUT2D eigenvalue weighted by Crippen LogP contribution is 2.35. The van der Waals surface area contributed by atoms with Gasteiger partial charge in [-0.25, -0.2) is 0 Å². The fourth-order valence-electron chi connectivity index (χ4n) is 1.14. The van der Waals surface area contributed by atoms with Crippen molar-refractivity contribution in [2.24, 2.45) is 5.73 Å². The summed E-state index contributed by atoms with van der Waals surface area (Å²) in [7, 11) is 0. The van der Waals surface area contributed by atoms with Gasteiger partial charge in [0.1, 0.15) is 5.75 Å². The van der Waals surface area contributed by atoms with Crippen molar-refractivity contribution in [3.8, 4) is 5.75 Å². The van der Waals surface area contributed by atoms with E-state index in [1.807, 2.05) is 0 Å². The second-order valence-electron chi connectivity index (χ2n) is 2.91. The van der Waals surface area contributed by atoms with E-state index in [0.29, 0.717) is 10.0 Å². The highest BCUT2D eigenvalue weighted by atomic mass is 79.9. The smallest absolute Gasteiger partial charge is 0.134 e. The topological polar surface area (TPSA) is 46.2 Å². The predicted molar refractivity (Wildman–Crippen MR) is 61.0 cm³/mol. The molecule has 0 unspecified atom stereocenters. The van der Waals surface area contributed by atoms with Gasteiger partial charge in [-0.3, -0.25) is 4.39 Å². The maximum atomic E-state index is 12.1. The van der Waals surface area contributed by atoms with Crippen LogP contribution in [0.2, 0.25) is 0 Å². The van der Waals surface area contributed by atoms with Gasteiger partial charge in [0.15, 0.2) is 0 Å². The van der Waals surface area contributed by atoms with Gasteiger partial charge in [0.2, 0.25) is 0 Å². The van der Waals surface area contributed by atoms with Gasteiger partial charge in [-0.1, -0.05) is 15.9 Å². The van der Waals surface area contributed by atoms with Gasteiger partial charge in [-0.2, -0.15) is 0 Å². The van der Waals surface area contributed by atoms with Crippen LogP contribution in [0.1, 0.15) is 18.0 Å². The molecular formula is C9H10Br2FNO. The molecule has 0 saturated carbocycles. The van der Waals surface area contributed by atoms with Crippen molar-refractivity contribution in [1.82, 2.24) is 0 Å². The summed E-state index contributed by atoms with van der Waals surface area (Å²) in [6, 6.07) is 2.93. The average Bonchev–Trinajstić information content (AvgIpc) is 2.11.